The molecule has 3 aromatic rings. The number of fused-ring (bicyclic) bond motifs is 1. The van der Waals surface area contributed by atoms with Gasteiger partial charge in [0, 0.05) is 17.0 Å². The maximum atomic E-state index is 12.4. The van der Waals surface area contributed by atoms with Crippen molar-refractivity contribution >= 4 is 39.7 Å². The number of hydrogen-bond acceptors (Lipinski definition) is 4. The normalized spacial score (nSPS) is 15.4. The predicted molar refractivity (Wildman–Crippen MR) is 104 cm³/mol. The summed E-state index contributed by atoms with van der Waals surface area (Å²) >= 11 is 1.51. The lowest BCUT2D eigenvalue weighted by Crippen LogP contribution is -2.33. The van der Waals surface area contributed by atoms with Crippen LogP contribution >= 0.6 is 11.3 Å². The number of benzene rings is 1. The molecule has 0 spiro atoms. The van der Waals surface area contributed by atoms with E-state index in [1.165, 1.54) is 17.5 Å². The first kappa shape index (κ1) is 16.7. The van der Waals surface area contributed by atoms with Crippen molar-refractivity contribution in [3.8, 4) is 0 Å². The number of nitrogens with one attached hydrogen (secondary N) is 1. The van der Waals surface area contributed by atoms with Gasteiger partial charge in [0.05, 0.1) is 22.3 Å². The minimum atomic E-state index is -0.471. The van der Waals surface area contributed by atoms with Crippen LogP contribution < -0.4 is 11.1 Å². The number of anilines is 1. The molecule has 26 heavy (non-hydrogen) atoms. The van der Waals surface area contributed by atoms with Crippen LogP contribution in [0.5, 0.6) is 0 Å². The predicted octanol–water partition coefficient (Wildman–Crippen LogP) is 4.09. The first-order valence-electron chi connectivity index (χ1n) is 8.54. The van der Waals surface area contributed by atoms with Crippen LogP contribution in [0.3, 0.4) is 0 Å². The second-order valence-corrected chi connectivity index (χ2v) is 7.81. The van der Waals surface area contributed by atoms with Gasteiger partial charge in [-0.05, 0) is 41.3 Å². The smallest absolute Gasteiger partial charge is 0.257 e. The Morgan fingerprint density at radius 3 is 2.69 bits per heavy atom. The zero-order valence-corrected chi connectivity index (χ0v) is 15.2. The van der Waals surface area contributed by atoms with Gasteiger partial charge in [-0.15, -0.1) is 0 Å². The second-order valence-electron chi connectivity index (χ2n) is 7.03. The van der Waals surface area contributed by atoms with Crippen LogP contribution in [-0.4, -0.2) is 16.8 Å². The number of hydrogen-bond donors (Lipinski definition) is 2. The minimum Gasteiger partial charge on any atom is -0.366 e. The fourth-order valence-corrected chi connectivity index (χ4v) is 4.18. The lowest BCUT2D eigenvalue weighted by molar-refractivity contribution is 0.0995. The maximum absolute atomic E-state index is 12.4. The Hall–Kier alpha value is -2.73. The van der Waals surface area contributed by atoms with E-state index in [-0.39, 0.29) is 11.3 Å². The van der Waals surface area contributed by atoms with E-state index in [4.69, 9.17) is 5.73 Å². The molecule has 0 radical (unpaired) electrons. The van der Waals surface area contributed by atoms with Gasteiger partial charge in [-0.25, -0.2) is 0 Å². The van der Waals surface area contributed by atoms with Gasteiger partial charge in [0.2, 0.25) is 0 Å². The van der Waals surface area contributed by atoms with Gasteiger partial charge in [0.25, 0.3) is 11.8 Å². The van der Waals surface area contributed by atoms with Crippen LogP contribution in [-0.2, 0) is 5.41 Å². The highest BCUT2D eigenvalue weighted by Crippen LogP contribution is 2.45. The molecule has 3 N–H and O–H groups in total. The Morgan fingerprint density at radius 2 is 2.08 bits per heavy atom. The molecule has 4 rings (SSSR count). The highest BCUT2D eigenvalue weighted by Gasteiger charge is 2.37. The topological polar surface area (TPSA) is 85.1 Å². The highest BCUT2D eigenvalue weighted by molar-refractivity contribution is 7.08. The molecule has 1 aliphatic rings. The van der Waals surface area contributed by atoms with Crippen molar-refractivity contribution < 1.29 is 9.59 Å². The van der Waals surface area contributed by atoms with Gasteiger partial charge in [0.1, 0.15) is 0 Å². The molecule has 0 bridgehead atoms. The van der Waals surface area contributed by atoms with E-state index in [1.807, 2.05) is 29.0 Å². The number of pyridine rings is 1. The van der Waals surface area contributed by atoms with E-state index in [9.17, 15) is 9.59 Å². The van der Waals surface area contributed by atoms with Crippen molar-refractivity contribution in [2.75, 3.05) is 5.32 Å². The summed E-state index contributed by atoms with van der Waals surface area (Å²) in [7, 11) is 0. The van der Waals surface area contributed by atoms with Gasteiger partial charge in [-0.3, -0.25) is 14.6 Å². The summed E-state index contributed by atoms with van der Waals surface area (Å²) in [5, 5.41) is 7.34. The minimum absolute atomic E-state index is 0.0186. The molecule has 1 aromatic carbocycles. The first-order valence-corrected chi connectivity index (χ1v) is 9.49. The molecule has 132 valence electrons. The molecule has 1 aliphatic carbocycles. The number of primary amides is 1. The summed E-state index contributed by atoms with van der Waals surface area (Å²) in [4.78, 5) is 29.0. The third-order valence-electron chi connectivity index (χ3n) is 5.25. The first-order chi connectivity index (χ1) is 12.5. The zero-order chi connectivity index (χ0) is 18.3. The number of nitrogens with two attached hydrogens (primary N) is 1. The van der Waals surface area contributed by atoms with E-state index < -0.39 is 5.91 Å². The Labute approximate surface area is 155 Å². The number of aromatic nitrogens is 1. The van der Waals surface area contributed by atoms with Crippen LogP contribution in [0.15, 0.2) is 41.2 Å². The summed E-state index contributed by atoms with van der Waals surface area (Å²) in [5.41, 5.74) is 8.88. The molecular formula is C20H19N3O2S. The number of rotatable bonds is 4. The van der Waals surface area contributed by atoms with Gasteiger partial charge < -0.3 is 11.1 Å². The van der Waals surface area contributed by atoms with E-state index in [2.05, 4.69) is 17.2 Å². The Balaban J connectivity index is 1.76. The van der Waals surface area contributed by atoms with Gasteiger partial charge in [-0.1, -0.05) is 25.5 Å². The second kappa shape index (κ2) is 6.21. The van der Waals surface area contributed by atoms with Crippen molar-refractivity contribution in [1.82, 2.24) is 4.98 Å². The largest absolute Gasteiger partial charge is 0.366 e. The van der Waals surface area contributed by atoms with Crippen LogP contribution in [0.4, 0.5) is 5.69 Å². The van der Waals surface area contributed by atoms with Gasteiger partial charge in [0.15, 0.2) is 0 Å². The number of thiophene rings is 1. The van der Waals surface area contributed by atoms with Crippen molar-refractivity contribution in [1.29, 1.82) is 0 Å². The molecule has 2 heterocycles. The Morgan fingerprint density at radius 1 is 1.27 bits per heavy atom. The Kier molecular flexibility index (Phi) is 4.00. The molecule has 0 saturated heterocycles. The van der Waals surface area contributed by atoms with Crippen LogP contribution in [0.2, 0.25) is 0 Å². The van der Waals surface area contributed by atoms with Crippen LogP contribution in [0.1, 0.15) is 52.5 Å². The zero-order valence-electron chi connectivity index (χ0n) is 14.4. The fraction of sp³-hybridized carbons (Fsp3) is 0.250. The molecule has 2 aromatic heterocycles. The lowest BCUT2D eigenvalue weighted by atomic mass is 9.64. The van der Waals surface area contributed by atoms with Crippen molar-refractivity contribution in [2.24, 2.45) is 5.73 Å². The van der Waals surface area contributed by atoms with Crippen molar-refractivity contribution in [3.05, 3.63) is 57.9 Å². The third kappa shape index (κ3) is 2.76. The number of carbonyl (C=O) groups excluding carboxylic acids is 2. The monoisotopic (exact) mass is 365 g/mol. The summed E-state index contributed by atoms with van der Waals surface area (Å²) < 4.78 is 0. The number of carbonyl (C=O) groups is 2. The molecule has 2 amide bonds. The average Bonchev–Trinajstić information content (AvgIpc) is 3.10. The van der Waals surface area contributed by atoms with Crippen molar-refractivity contribution in [3.63, 3.8) is 0 Å². The van der Waals surface area contributed by atoms with Gasteiger partial charge in [-0.2, -0.15) is 11.3 Å². The third-order valence-corrected chi connectivity index (χ3v) is 5.93. The van der Waals surface area contributed by atoms with Crippen molar-refractivity contribution in [2.45, 2.75) is 31.6 Å². The summed E-state index contributed by atoms with van der Waals surface area (Å²) in [6.07, 6.45) is 4.74. The fourth-order valence-electron chi connectivity index (χ4n) is 3.59. The molecule has 6 heteroatoms. The summed E-state index contributed by atoms with van der Waals surface area (Å²) in [5.74, 6) is -0.699. The Bertz CT molecular complexity index is 1010. The van der Waals surface area contributed by atoms with E-state index >= 15 is 0 Å². The van der Waals surface area contributed by atoms with E-state index in [0.29, 0.717) is 16.6 Å². The summed E-state index contributed by atoms with van der Waals surface area (Å²) in [6.45, 7) is 2.16. The number of nitrogens with zero attached hydrogens (tertiary/aromatic N) is 1. The molecule has 1 fully saturated rings. The maximum Gasteiger partial charge on any atom is 0.257 e. The SMILES string of the molecule is CC1(c2ccc3cc(C(=O)Nc4ccsc4)cnc3c2C(N)=O)CCC1. The molecule has 5 nitrogen and oxygen atoms in total. The lowest BCUT2D eigenvalue weighted by Gasteiger charge is -2.40. The molecule has 0 atom stereocenters. The van der Waals surface area contributed by atoms with Crippen LogP contribution in [0.25, 0.3) is 10.9 Å². The molecule has 1 saturated carbocycles. The highest BCUT2D eigenvalue weighted by atomic mass is 32.1. The van der Waals surface area contributed by atoms with Crippen LogP contribution in [0, 0.1) is 0 Å². The average molecular weight is 365 g/mol. The number of amides is 2. The van der Waals surface area contributed by atoms with E-state index in [1.54, 1.807) is 6.07 Å². The van der Waals surface area contributed by atoms with E-state index in [0.717, 1.165) is 35.9 Å². The standard InChI is InChI=1S/C20H19N3O2S/c1-20(6-2-7-20)15-4-3-12-9-13(10-22-17(12)16(15)18(21)24)19(25)23-14-5-8-26-11-14/h3-5,8-11H,2,6-7H2,1H3,(H2,21,24)(H,23,25). The summed E-state index contributed by atoms with van der Waals surface area (Å²) in [6, 6.07) is 7.48. The molecule has 0 aliphatic heterocycles. The molecule has 0 unspecified atom stereocenters. The quantitative estimate of drug-likeness (QED) is 0.730. The molecular weight excluding hydrogens is 346 g/mol. The van der Waals surface area contributed by atoms with Gasteiger partial charge >= 0.3 is 0 Å².